The number of ketones is 1. The van der Waals surface area contributed by atoms with Crippen LogP contribution in [0.3, 0.4) is 0 Å². The molecule has 220 valence electrons. The molecule has 0 spiro atoms. The van der Waals surface area contributed by atoms with E-state index in [2.05, 4.69) is 4.98 Å². The molecule has 43 heavy (non-hydrogen) atoms. The number of sulfonamides is 1. The van der Waals surface area contributed by atoms with Crippen LogP contribution in [0.1, 0.15) is 34.8 Å². The maximum Gasteiger partial charge on any atom is 0.326 e. The number of nitrogens with two attached hydrogens (primary N) is 1. The van der Waals surface area contributed by atoms with Gasteiger partial charge in [-0.15, -0.1) is 0 Å². The highest BCUT2D eigenvalue weighted by molar-refractivity contribution is 7.93. The number of aromatic nitrogens is 2. The number of rotatable bonds is 11. The van der Waals surface area contributed by atoms with Gasteiger partial charge < -0.3 is 15.0 Å². The lowest BCUT2D eigenvalue weighted by Crippen LogP contribution is -2.36. The topological polar surface area (TPSA) is 148 Å². The number of ether oxygens (including phenoxy) is 1. The van der Waals surface area contributed by atoms with Crippen molar-refractivity contribution in [1.82, 2.24) is 9.55 Å². The number of esters is 1. The average Bonchev–Trinajstić information content (AvgIpc) is 3.34. The molecular formula is C32H31N5O5S. The first-order valence-corrected chi connectivity index (χ1v) is 15.1. The molecule has 0 saturated carbocycles. The van der Waals surface area contributed by atoms with Gasteiger partial charge in [-0.05, 0) is 49.2 Å². The van der Waals surface area contributed by atoms with Crippen molar-refractivity contribution in [1.29, 1.82) is 5.41 Å². The van der Waals surface area contributed by atoms with E-state index in [9.17, 15) is 18.0 Å². The molecule has 2 aromatic heterocycles. The van der Waals surface area contributed by atoms with Gasteiger partial charge in [-0.2, -0.15) is 0 Å². The molecule has 0 unspecified atom stereocenters. The Balaban J connectivity index is 1.53. The number of fused-ring (bicyclic) bond motifs is 2. The standard InChI is InChI=1S/C32H31N5O5S/c1-3-42-31(39)20-37(43(40,41)30-6-4-5-23-18-35-16-15-25(23)30)24-12-13-28-26(17-24)27(19-36(28)2)29(38)14-9-21-7-10-22(11-8-21)32(33)34/h4-8,10-13,15-19H,3,9,14,20H2,1-2H3,(H3,33,34). The van der Waals surface area contributed by atoms with Crippen LogP contribution in [0.5, 0.6) is 0 Å². The number of carbonyl (C=O) groups excluding carboxylic acids is 2. The van der Waals surface area contributed by atoms with E-state index < -0.39 is 22.5 Å². The number of amidine groups is 1. The first-order valence-electron chi connectivity index (χ1n) is 13.7. The van der Waals surface area contributed by atoms with Crippen LogP contribution in [0.15, 0.2) is 90.2 Å². The molecule has 0 radical (unpaired) electrons. The number of nitrogens with zero attached hydrogens (tertiary/aromatic N) is 3. The van der Waals surface area contributed by atoms with Crippen LogP contribution in [-0.4, -0.2) is 48.7 Å². The first kappa shape index (κ1) is 29.5. The Bertz CT molecular complexity index is 1960. The highest BCUT2D eigenvalue weighted by Gasteiger charge is 2.30. The van der Waals surface area contributed by atoms with Crippen molar-refractivity contribution in [3.63, 3.8) is 0 Å². The van der Waals surface area contributed by atoms with E-state index in [1.807, 2.05) is 23.7 Å². The Morgan fingerprint density at radius 1 is 1.05 bits per heavy atom. The summed E-state index contributed by atoms with van der Waals surface area (Å²) in [6, 6.07) is 18.7. The van der Waals surface area contributed by atoms with Gasteiger partial charge in [0.15, 0.2) is 5.78 Å². The Labute approximate surface area is 249 Å². The number of aryl methyl sites for hydroxylation is 2. The molecule has 0 aliphatic heterocycles. The number of pyridine rings is 1. The Kier molecular flexibility index (Phi) is 8.27. The molecule has 0 fully saturated rings. The largest absolute Gasteiger partial charge is 0.465 e. The van der Waals surface area contributed by atoms with E-state index in [1.165, 1.54) is 12.3 Å². The molecule has 10 nitrogen and oxygen atoms in total. The van der Waals surface area contributed by atoms with E-state index in [0.29, 0.717) is 33.7 Å². The second kappa shape index (κ2) is 12.1. The molecule has 0 atom stereocenters. The Morgan fingerprint density at radius 3 is 2.53 bits per heavy atom. The third kappa shape index (κ3) is 5.98. The maximum atomic E-state index is 14.2. The lowest BCUT2D eigenvalue weighted by molar-refractivity contribution is -0.141. The molecular weight excluding hydrogens is 566 g/mol. The third-order valence-electron chi connectivity index (χ3n) is 7.25. The summed E-state index contributed by atoms with van der Waals surface area (Å²) in [4.78, 5) is 30.2. The summed E-state index contributed by atoms with van der Waals surface area (Å²) in [5.41, 5.74) is 8.49. The quantitative estimate of drug-likeness (QED) is 0.0979. The molecule has 11 heteroatoms. The molecule has 0 bridgehead atoms. The van der Waals surface area contributed by atoms with Gasteiger partial charge in [-0.1, -0.05) is 36.4 Å². The normalized spacial score (nSPS) is 11.5. The van der Waals surface area contributed by atoms with E-state index in [4.69, 9.17) is 15.9 Å². The fraction of sp³-hybridized carbons (Fsp3) is 0.188. The number of carbonyl (C=O) groups is 2. The van der Waals surface area contributed by atoms with Crippen molar-refractivity contribution < 1.29 is 22.7 Å². The predicted octanol–water partition coefficient (Wildman–Crippen LogP) is 4.58. The van der Waals surface area contributed by atoms with Crippen molar-refractivity contribution in [3.8, 4) is 0 Å². The number of benzene rings is 3. The highest BCUT2D eigenvalue weighted by Crippen LogP contribution is 2.32. The molecule has 5 aromatic rings. The maximum absolute atomic E-state index is 14.2. The fourth-order valence-corrected chi connectivity index (χ4v) is 6.69. The van der Waals surface area contributed by atoms with Crippen LogP contribution in [0.25, 0.3) is 21.7 Å². The van der Waals surface area contributed by atoms with E-state index in [-0.39, 0.29) is 35.2 Å². The molecule has 0 amide bonds. The van der Waals surface area contributed by atoms with Gasteiger partial charge in [0.1, 0.15) is 12.4 Å². The van der Waals surface area contributed by atoms with Crippen molar-refractivity contribution in [3.05, 3.63) is 102 Å². The van der Waals surface area contributed by atoms with E-state index in [1.54, 1.807) is 67.8 Å². The summed E-state index contributed by atoms with van der Waals surface area (Å²) in [7, 11) is -2.44. The lowest BCUT2D eigenvalue weighted by atomic mass is 10.0. The number of nitrogens with one attached hydrogen (secondary N) is 1. The summed E-state index contributed by atoms with van der Waals surface area (Å²) in [5.74, 6) is -0.835. The molecule has 3 aromatic carbocycles. The summed E-state index contributed by atoms with van der Waals surface area (Å²) in [6.07, 6.45) is 5.53. The molecule has 0 saturated heterocycles. The number of anilines is 1. The zero-order valence-corrected chi connectivity index (χ0v) is 24.6. The second-order valence-corrected chi connectivity index (χ2v) is 11.9. The zero-order valence-electron chi connectivity index (χ0n) is 23.8. The van der Waals surface area contributed by atoms with Crippen molar-refractivity contribution in [2.75, 3.05) is 17.5 Å². The van der Waals surface area contributed by atoms with Crippen LogP contribution in [0.2, 0.25) is 0 Å². The lowest BCUT2D eigenvalue weighted by Gasteiger charge is -2.24. The molecule has 3 N–H and O–H groups in total. The Hall–Kier alpha value is -5.03. The van der Waals surface area contributed by atoms with E-state index in [0.717, 1.165) is 15.4 Å². The SMILES string of the molecule is CCOC(=O)CN(c1ccc2c(c1)c(C(=O)CCc1ccc(C(=N)N)cc1)cn2C)S(=O)(=O)c1cccc2cnccc12. The van der Waals surface area contributed by atoms with Crippen LogP contribution in [0.4, 0.5) is 5.69 Å². The van der Waals surface area contributed by atoms with Crippen LogP contribution in [0, 0.1) is 5.41 Å². The fourth-order valence-electron chi connectivity index (χ4n) is 5.08. The van der Waals surface area contributed by atoms with Gasteiger partial charge in [0.25, 0.3) is 10.0 Å². The number of Topliss-reactive ketones (excluding diaryl/α,β-unsaturated/α-hetero) is 1. The first-order chi connectivity index (χ1) is 20.6. The second-order valence-electron chi connectivity index (χ2n) is 10.1. The number of hydrogen-bond acceptors (Lipinski definition) is 7. The van der Waals surface area contributed by atoms with Crippen LogP contribution < -0.4 is 10.0 Å². The van der Waals surface area contributed by atoms with Crippen LogP contribution in [-0.2, 0) is 33.0 Å². The van der Waals surface area contributed by atoms with Gasteiger partial charge in [-0.25, -0.2) is 8.42 Å². The van der Waals surface area contributed by atoms with Crippen LogP contribution >= 0.6 is 0 Å². The van der Waals surface area contributed by atoms with Crippen molar-refractivity contribution in [2.45, 2.75) is 24.7 Å². The smallest absolute Gasteiger partial charge is 0.326 e. The molecule has 5 rings (SSSR count). The molecule has 0 aliphatic rings. The number of nitrogen functional groups attached to an aromatic ring is 1. The monoisotopic (exact) mass is 597 g/mol. The summed E-state index contributed by atoms with van der Waals surface area (Å²) in [6.45, 7) is 1.20. The minimum atomic E-state index is -4.26. The molecule has 0 aliphatic carbocycles. The van der Waals surface area contributed by atoms with Gasteiger partial charge in [-0.3, -0.25) is 24.3 Å². The summed E-state index contributed by atoms with van der Waals surface area (Å²) in [5, 5.41) is 9.23. The summed E-state index contributed by atoms with van der Waals surface area (Å²) >= 11 is 0. The van der Waals surface area contributed by atoms with Crippen molar-refractivity contribution >= 4 is 55.0 Å². The minimum absolute atomic E-state index is 0.0225. The van der Waals surface area contributed by atoms with Gasteiger partial charge in [0.05, 0.1) is 17.2 Å². The number of hydrogen-bond donors (Lipinski definition) is 2. The van der Waals surface area contributed by atoms with Gasteiger partial charge in [0.2, 0.25) is 0 Å². The molecule has 2 heterocycles. The van der Waals surface area contributed by atoms with Gasteiger partial charge in [0, 0.05) is 64.9 Å². The van der Waals surface area contributed by atoms with Gasteiger partial charge >= 0.3 is 5.97 Å². The average molecular weight is 598 g/mol. The van der Waals surface area contributed by atoms with Crippen molar-refractivity contribution in [2.24, 2.45) is 12.8 Å². The Morgan fingerprint density at radius 2 is 1.81 bits per heavy atom. The predicted molar refractivity (Wildman–Crippen MR) is 166 cm³/mol. The minimum Gasteiger partial charge on any atom is -0.465 e. The third-order valence-corrected chi connectivity index (χ3v) is 9.09. The zero-order chi connectivity index (χ0) is 30.7. The highest BCUT2D eigenvalue weighted by atomic mass is 32.2. The van der Waals surface area contributed by atoms with E-state index >= 15 is 0 Å². The summed E-state index contributed by atoms with van der Waals surface area (Å²) < 4.78 is 36.3.